The number of rotatable bonds is 6. The minimum Gasteiger partial charge on any atom is -0.220 e. The van der Waals surface area contributed by atoms with Gasteiger partial charge in [0.25, 0.3) is 10.3 Å². The molecule has 2 rings (SSSR count). The number of halogens is 14. The molecule has 204 valence electrons. The lowest BCUT2D eigenvalue weighted by Crippen LogP contribution is -2.19. The molecule has 20 heteroatoms. The van der Waals surface area contributed by atoms with Crippen molar-refractivity contribution in [1.29, 1.82) is 0 Å². The summed E-state index contributed by atoms with van der Waals surface area (Å²) >= 11 is 0. The predicted octanol–water partition coefficient (Wildman–Crippen LogP) is 5.70. The molecule has 2 aromatic rings. The van der Waals surface area contributed by atoms with Crippen LogP contribution in [0.5, 0.6) is 0 Å². The molecule has 0 aliphatic carbocycles. The molecular weight excluding hydrogens is 598 g/mol. The normalized spacial score (nSPS) is 14.0. The Hall–Kier alpha value is -3.16. The lowest BCUT2D eigenvalue weighted by molar-refractivity contribution is 0.374. The summed E-state index contributed by atoms with van der Waals surface area (Å²) in [5, 5.41) is -10.4. The second-order valence-corrected chi connectivity index (χ2v) is 10.5. The van der Waals surface area contributed by atoms with Crippen LogP contribution in [0.2, 0.25) is 0 Å². The molecule has 0 fully saturated rings. The monoisotopic (exact) mass is 600 g/mol. The molecule has 0 heterocycles. The maximum Gasteiger partial charge on any atom is 0.251 e. The molecule has 0 saturated heterocycles. The van der Waals surface area contributed by atoms with Crippen LogP contribution in [0.15, 0.2) is 10.3 Å². The molecular formula is C17H2F14O4S2. The van der Waals surface area contributed by atoms with Crippen LogP contribution in [0.25, 0.3) is 11.7 Å². The Labute approximate surface area is 195 Å². The smallest absolute Gasteiger partial charge is 0.220 e. The van der Waals surface area contributed by atoms with Crippen LogP contribution in [0, 0.1) is 58.2 Å². The summed E-state index contributed by atoms with van der Waals surface area (Å²) in [5.41, 5.74) is -5.73. The molecule has 0 amide bonds. The molecule has 0 aliphatic rings. The number of sulfone groups is 2. The summed E-state index contributed by atoms with van der Waals surface area (Å²) in [7, 11) is -13.2. The van der Waals surface area contributed by atoms with Crippen molar-refractivity contribution in [1.82, 2.24) is 0 Å². The van der Waals surface area contributed by atoms with Gasteiger partial charge >= 0.3 is 0 Å². The Morgan fingerprint density at radius 1 is 0.405 bits per heavy atom. The van der Waals surface area contributed by atoms with E-state index >= 15 is 0 Å². The average Bonchev–Trinajstić information content (AvgIpc) is 2.82. The van der Waals surface area contributed by atoms with Crippen molar-refractivity contribution < 1.29 is 78.3 Å². The van der Waals surface area contributed by atoms with Crippen molar-refractivity contribution >= 4 is 31.3 Å². The van der Waals surface area contributed by atoms with Crippen LogP contribution in [-0.4, -0.2) is 21.9 Å². The number of hydrogen-bond donors (Lipinski definition) is 0. The summed E-state index contributed by atoms with van der Waals surface area (Å²) < 4.78 is 236. The van der Waals surface area contributed by atoms with Gasteiger partial charge in [-0.1, -0.05) is 0 Å². The third kappa shape index (κ3) is 5.03. The third-order valence-corrected chi connectivity index (χ3v) is 7.99. The lowest BCUT2D eigenvalue weighted by atomic mass is 10.1. The van der Waals surface area contributed by atoms with Crippen molar-refractivity contribution in [2.75, 3.05) is 5.08 Å². The first-order chi connectivity index (χ1) is 16.7. The van der Waals surface area contributed by atoms with Gasteiger partial charge < -0.3 is 0 Å². The Balaban J connectivity index is 2.69. The molecule has 0 atom stereocenters. The zero-order valence-corrected chi connectivity index (χ0v) is 18.1. The third-order valence-electron chi connectivity index (χ3n) is 4.06. The Kier molecular flexibility index (Phi) is 8.09. The Morgan fingerprint density at radius 3 is 0.811 bits per heavy atom. The molecule has 0 aromatic heterocycles. The first-order valence-corrected chi connectivity index (χ1v) is 11.6. The topological polar surface area (TPSA) is 68.3 Å². The van der Waals surface area contributed by atoms with E-state index in [9.17, 15) is 78.3 Å². The maximum atomic E-state index is 14.1. The number of benzene rings is 2. The molecule has 4 nitrogen and oxygen atoms in total. The minimum atomic E-state index is -6.60. The van der Waals surface area contributed by atoms with Gasteiger partial charge in [0.2, 0.25) is 31.3 Å². The van der Waals surface area contributed by atoms with Gasteiger partial charge in [0.05, 0.1) is 11.1 Å². The standard InChI is InChI=1S/C17H2F14O4S2/c18-4-2(5(19)11(25)14(28)10(4)24)8(22)16(30)36(32,33)1-37(34,35)17(31)9(23)3-6(20)12(26)15(29)13(27)7(3)21/h1H2. The van der Waals surface area contributed by atoms with E-state index in [1.165, 1.54) is 0 Å². The van der Waals surface area contributed by atoms with E-state index in [0.717, 1.165) is 0 Å². The fourth-order valence-electron chi connectivity index (χ4n) is 2.37. The molecule has 2 aromatic carbocycles. The van der Waals surface area contributed by atoms with E-state index in [1.807, 2.05) is 0 Å². The summed E-state index contributed by atoms with van der Waals surface area (Å²) in [5.74, 6) is -36.9. The lowest BCUT2D eigenvalue weighted by Gasteiger charge is -2.09. The molecule has 0 unspecified atom stereocenters. The van der Waals surface area contributed by atoms with Gasteiger partial charge in [0.1, 0.15) is 0 Å². The first-order valence-electron chi connectivity index (χ1n) is 8.30. The highest BCUT2D eigenvalue weighted by molar-refractivity contribution is 8.11. The number of hydrogen-bond acceptors (Lipinski definition) is 4. The summed E-state index contributed by atoms with van der Waals surface area (Å²) in [4.78, 5) is 0. The highest BCUT2D eigenvalue weighted by Gasteiger charge is 2.39. The van der Waals surface area contributed by atoms with Crippen molar-refractivity contribution in [2.45, 2.75) is 0 Å². The van der Waals surface area contributed by atoms with E-state index in [4.69, 9.17) is 0 Å². The van der Waals surface area contributed by atoms with Crippen molar-refractivity contribution in [3.8, 4) is 0 Å². The van der Waals surface area contributed by atoms with Gasteiger partial charge in [-0.25, -0.2) is 69.5 Å². The van der Waals surface area contributed by atoms with Crippen molar-refractivity contribution in [3.63, 3.8) is 0 Å². The van der Waals surface area contributed by atoms with Gasteiger partial charge in [-0.3, -0.25) is 0 Å². The van der Waals surface area contributed by atoms with E-state index < -0.39 is 116 Å². The van der Waals surface area contributed by atoms with Gasteiger partial charge in [-0.15, -0.1) is 0 Å². The molecule has 0 saturated carbocycles. The average molecular weight is 600 g/mol. The predicted molar refractivity (Wildman–Crippen MR) is 93.4 cm³/mol. The Bertz CT molecular complexity index is 1430. The van der Waals surface area contributed by atoms with Crippen molar-refractivity contribution in [2.24, 2.45) is 0 Å². The van der Waals surface area contributed by atoms with Gasteiger partial charge in [-0.05, 0) is 0 Å². The zero-order valence-electron chi connectivity index (χ0n) is 16.4. The van der Waals surface area contributed by atoms with Crippen molar-refractivity contribution in [3.05, 3.63) is 79.6 Å². The minimum absolute atomic E-state index is 2.86. The van der Waals surface area contributed by atoms with Crippen LogP contribution in [0.1, 0.15) is 11.1 Å². The molecule has 0 spiro atoms. The summed E-state index contributed by atoms with van der Waals surface area (Å²) in [6.07, 6.45) is 0. The maximum absolute atomic E-state index is 14.1. The molecule has 37 heavy (non-hydrogen) atoms. The summed E-state index contributed by atoms with van der Waals surface area (Å²) in [6, 6.07) is 0. The summed E-state index contributed by atoms with van der Waals surface area (Å²) in [6.45, 7) is 0. The van der Waals surface area contributed by atoms with Crippen LogP contribution in [0.4, 0.5) is 61.5 Å². The van der Waals surface area contributed by atoms with Crippen LogP contribution in [-0.2, 0) is 19.7 Å². The second kappa shape index (κ2) is 9.95. The highest BCUT2D eigenvalue weighted by atomic mass is 32.3. The SMILES string of the molecule is O=S(=O)(CS(=O)(=O)C(F)=C(F)c1c(F)c(F)c(F)c(F)c1F)C(F)=C(F)c1c(F)c(F)c(F)c(F)c1F. The zero-order chi connectivity index (χ0) is 28.9. The van der Waals surface area contributed by atoms with Crippen LogP contribution < -0.4 is 0 Å². The van der Waals surface area contributed by atoms with E-state index in [1.54, 1.807) is 0 Å². The fourth-order valence-corrected chi connectivity index (χ4v) is 5.58. The van der Waals surface area contributed by atoms with E-state index in [-0.39, 0.29) is 0 Å². The molecule has 0 bridgehead atoms. The van der Waals surface area contributed by atoms with Gasteiger partial charge in [0.15, 0.2) is 63.3 Å². The Morgan fingerprint density at radius 2 is 0.595 bits per heavy atom. The molecule has 0 N–H and O–H groups in total. The van der Waals surface area contributed by atoms with E-state index in [2.05, 4.69) is 0 Å². The largest absolute Gasteiger partial charge is 0.251 e. The molecule has 0 radical (unpaired) electrons. The van der Waals surface area contributed by atoms with Gasteiger partial charge in [-0.2, -0.15) is 8.78 Å². The quantitative estimate of drug-likeness (QED) is 0.243. The fraction of sp³-hybridized carbons (Fsp3) is 0.0588. The first kappa shape index (κ1) is 30.1. The highest BCUT2D eigenvalue weighted by Crippen LogP contribution is 2.36. The van der Waals surface area contributed by atoms with E-state index in [0.29, 0.717) is 0 Å². The van der Waals surface area contributed by atoms with Crippen LogP contribution in [0.3, 0.4) is 0 Å². The van der Waals surface area contributed by atoms with Gasteiger partial charge in [0, 0.05) is 0 Å². The second-order valence-electron chi connectivity index (χ2n) is 6.41. The van der Waals surface area contributed by atoms with Crippen LogP contribution >= 0.6 is 0 Å². The molecule has 0 aliphatic heterocycles.